The van der Waals surface area contributed by atoms with Crippen molar-refractivity contribution in [3.8, 4) is 6.07 Å². The monoisotopic (exact) mass is 1040 g/mol. The third-order valence-electron chi connectivity index (χ3n) is 9.90. The molecule has 1 saturated heterocycles. The van der Waals surface area contributed by atoms with E-state index in [1.165, 1.54) is 16.4 Å². The number of hydrogen-bond acceptors (Lipinski definition) is 17. The Morgan fingerprint density at radius 1 is 0.622 bits per heavy atom. The molecule has 1 aliphatic rings. The molecule has 25 heteroatoms. The van der Waals surface area contributed by atoms with E-state index in [4.69, 9.17) is 26.3 Å². The summed E-state index contributed by atoms with van der Waals surface area (Å²) in [4.78, 5) is 80.8. The molecule has 9 N–H and O–H groups in total. The van der Waals surface area contributed by atoms with Gasteiger partial charge in [0, 0.05) is 67.0 Å². The highest BCUT2D eigenvalue weighted by atomic mass is 16.5. The van der Waals surface area contributed by atoms with E-state index in [-0.39, 0.29) is 90.0 Å². The third-order valence-corrected chi connectivity index (χ3v) is 9.90. The highest BCUT2D eigenvalue weighted by molar-refractivity contribution is 5.89. The van der Waals surface area contributed by atoms with Crippen LogP contribution in [0.3, 0.4) is 0 Å². The summed E-state index contributed by atoms with van der Waals surface area (Å²) >= 11 is 0. The number of rotatable bonds is 14. The van der Waals surface area contributed by atoms with Crippen LogP contribution in [0.4, 0.5) is 27.0 Å². The van der Waals surface area contributed by atoms with Gasteiger partial charge >= 0.3 is 30.0 Å². The van der Waals surface area contributed by atoms with Gasteiger partial charge < -0.3 is 35.5 Å². The number of esters is 3. The molecular weight excluding hydrogens is 959 g/mol. The Labute approximate surface area is 436 Å². The van der Waals surface area contributed by atoms with Crippen molar-refractivity contribution in [2.75, 3.05) is 69.9 Å². The van der Waals surface area contributed by atoms with E-state index in [9.17, 15) is 33.6 Å². The molecule has 74 heavy (non-hydrogen) atoms. The number of aromatic nitrogens is 6. The molecule has 5 amide bonds. The van der Waals surface area contributed by atoms with Crippen molar-refractivity contribution >= 4 is 59.1 Å². The van der Waals surface area contributed by atoms with Gasteiger partial charge in [-0.05, 0) is 27.2 Å². The van der Waals surface area contributed by atoms with Crippen LogP contribution in [-0.2, 0) is 74.1 Å². The molecule has 25 nitrogen and oxygen atoms in total. The number of anilines is 3. The van der Waals surface area contributed by atoms with Crippen molar-refractivity contribution < 1.29 is 47.8 Å². The largest absolute Gasteiger partial charge is 0.465 e. The first-order chi connectivity index (χ1) is 34.2. The topological polar surface area (TPSA) is 340 Å². The van der Waals surface area contributed by atoms with Crippen molar-refractivity contribution in [2.24, 2.45) is 11.3 Å². The fourth-order valence-electron chi connectivity index (χ4n) is 5.37. The van der Waals surface area contributed by atoms with Crippen molar-refractivity contribution in [3.63, 3.8) is 0 Å². The molecule has 1 aliphatic heterocycles. The van der Waals surface area contributed by atoms with Crippen molar-refractivity contribution in [1.82, 2.24) is 50.3 Å². The van der Waals surface area contributed by atoms with E-state index in [2.05, 4.69) is 46.7 Å². The van der Waals surface area contributed by atoms with E-state index in [0.717, 1.165) is 36.6 Å². The number of ketones is 1. The molecule has 0 spiro atoms. The van der Waals surface area contributed by atoms with Crippen LogP contribution < -0.4 is 38.3 Å². The minimum atomic E-state index is -0.393. The van der Waals surface area contributed by atoms with Crippen LogP contribution in [0.5, 0.6) is 0 Å². The van der Waals surface area contributed by atoms with Crippen LogP contribution in [0, 0.1) is 16.7 Å². The number of carbonyl (C=O) groups excluding carboxylic acids is 7. The van der Waals surface area contributed by atoms with Crippen LogP contribution in [0.1, 0.15) is 134 Å². The Balaban J connectivity index is 0.000000942. The second-order valence-electron chi connectivity index (χ2n) is 20.5. The van der Waals surface area contributed by atoms with E-state index < -0.39 is 5.97 Å². The maximum absolute atomic E-state index is 12.1. The van der Waals surface area contributed by atoms with Gasteiger partial charge in [0.05, 0.1) is 49.4 Å². The van der Waals surface area contributed by atoms with Gasteiger partial charge in [0.15, 0.2) is 5.78 Å². The first kappa shape index (κ1) is 66.9. The number of nitrogens with one attached hydrogen (secondary N) is 5. The lowest BCUT2D eigenvalue weighted by molar-refractivity contribution is -0.144. The standard InChI is InChI=1S/C14H23N5O2.C13H22N4O3.C11H19N3O2.C7H11NO.C4H10N2O2/c1-14(2,3)10-8-11(16-13(21)15-4)19(17-10)9-12(20)18-6-5-7-18;1-6-20-11(18)8-17-10(15-12(19)14-5)7-9(16-17)13(2,3)4;1-5-16-10(15)7-14-9(12)6-8(13-14)11(2,3)4;1-7(2,3)6(9)4-5-8;1-2-8-4(7)3-6-5/h8H,5-7,9H2,1-4H3,(H2,15,16,21);7H,6,8H2,1-5H3,(H2,14,15,19);6H,5,7,12H2,1-4H3;4H2,1-3H3;6H,2-3,5H2,1H3. The molecule has 0 bridgehead atoms. The molecule has 0 radical (unpaired) electrons. The third kappa shape index (κ3) is 25.5. The van der Waals surface area contributed by atoms with E-state index in [1.54, 1.807) is 49.5 Å². The van der Waals surface area contributed by atoms with Gasteiger partial charge in [-0.15, -0.1) is 0 Å². The summed E-state index contributed by atoms with van der Waals surface area (Å²) in [6, 6.07) is 6.50. The Morgan fingerprint density at radius 2 is 1.00 bits per heavy atom. The molecule has 3 aromatic heterocycles. The summed E-state index contributed by atoms with van der Waals surface area (Å²) in [5, 5.41) is 31.6. The van der Waals surface area contributed by atoms with Crippen molar-refractivity contribution in [2.45, 2.75) is 153 Å². The Kier molecular flexibility index (Phi) is 28.5. The summed E-state index contributed by atoms with van der Waals surface area (Å²) < 4.78 is 18.7. The molecule has 3 aromatic rings. The van der Waals surface area contributed by atoms with Gasteiger partial charge in [0.2, 0.25) is 5.91 Å². The molecule has 416 valence electrons. The molecule has 0 atom stereocenters. The van der Waals surface area contributed by atoms with E-state index in [0.29, 0.717) is 37.3 Å². The summed E-state index contributed by atoms with van der Waals surface area (Å²) in [5.41, 5.74) is 9.69. The molecule has 4 rings (SSSR count). The summed E-state index contributed by atoms with van der Waals surface area (Å²) in [5.74, 6) is 5.29. The number of likely N-dealkylation sites (tertiary alicyclic amines) is 1. The minimum absolute atomic E-state index is 0.00463. The maximum Gasteiger partial charge on any atom is 0.327 e. The molecule has 0 aromatic carbocycles. The fourth-order valence-corrected chi connectivity index (χ4v) is 5.37. The van der Waals surface area contributed by atoms with Crippen molar-refractivity contribution in [1.29, 1.82) is 5.26 Å². The molecular formula is C49H85N15O10. The second kappa shape index (κ2) is 31.5. The van der Waals surface area contributed by atoms with E-state index in [1.807, 2.05) is 95.2 Å². The van der Waals surface area contributed by atoms with Crippen LogP contribution in [-0.4, -0.2) is 129 Å². The number of hydrazine groups is 1. The van der Waals surface area contributed by atoms with Crippen LogP contribution >= 0.6 is 0 Å². The fraction of sp³-hybridized carbons (Fsp3) is 0.653. The van der Waals surface area contributed by atoms with Crippen LogP contribution in [0.25, 0.3) is 0 Å². The van der Waals surface area contributed by atoms with Gasteiger partial charge in [-0.1, -0.05) is 83.1 Å². The number of nitrogens with two attached hydrogens (primary N) is 2. The van der Waals surface area contributed by atoms with Gasteiger partial charge in [0.25, 0.3) is 0 Å². The second-order valence-corrected chi connectivity index (χ2v) is 20.5. The number of nitrogens with zero attached hydrogens (tertiary/aromatic N) is 8. The average molecular weight is 1040 g/mol. The number of hydrogen-bond donors (Lipinski definition) is 7. The summed E-state index contributed by atoms with van der Waals surface area (Å²) in [6.07, 6.45) is 1.09. The number of nitriles is 1. The van der Waals surface area contributed by atoms with Gasteiger partial charge in [-0.2, -0.15) is 20.6 Å². The first-order valence-corrected chi connectivity index (χ1v) is 24.3. The average Bonchev–Trinajstić information content (AvgIpc) is 3.97. The maximum atomic E-state index is 12.1. The molecule has 0 aliphatic carbocycles. The number of Topliss-reactive ketones (excluding diaryl/α,β-unsaturated/α-hetero) is 1. The SMILES string of the molecule is CC(C)(C)C(=O)CC#N.CCOC(=O)CNN.CCOC(=O)Cn1nc(C(C)(C)C)cc1N.CCOC(=O)Cn1nc(C(C)(C)C)cc1NC(=O)NC.CNC(=O)Nc1cc(C(C)(C)C)nn1CC(=O)N1CCC1. The molecule has 4 heterocycles. The number of amides is 5. The first-order valence-electron chi connectivity index (χ1n) is 24.3. The minimum Gasteiger partial charge on any atom is -0.465 e. The van der Waals surface area contributed by atoms with Crippen LogP contribution in [0.2, 0.25) is 0 Å². The number of carbonyl (C=O) groups is 7. The van der Waals surface area contributed by atoms with Gasteiger partial charge in [0.1, 0.15) is 43.6 Å². The van der Waals surface area contributed by atoms with Gasteiger partial charge in [-0.3, -0.25) is 40.4 Å². The lowest BCUT2D eigenvalue weighted by Gasteiger charge is -2.31. The Hall–Kier alpha value is -7.07. The Morgan fingerprint density at radius 3 is 1.31 bits per heavy atom. The Bertz CT molecular complexity index is 2310. The highest BCUT2D eigenvalue weighted by Gasteiger charge is 2.26. The number of urea groups is 2. The number of ether oxygens (including phenoxy) is 3. The zero-order valence-electron chi connectivity index (χ0n) is 46.8. The lowest BCUT2D eigenvalue weighted by atomic mass is 9.89. The predicted octanol–water partition coefficient (Wildman–Crippen LogP) is 4.51. The van der Waals surface area contributed by atoms with Gasteiger partial charge in [-0.25, -0.2) is 29.1 Å². The van der Waals surface area contributed by atoms with Crippen molar-refractivity contribution in [3.05, 3.63) is 35.3 Å². The number of nitrogen functional groups attached to an aromatic ring is 1. The predicted molar refractivity (Wildman–Crippen MR) is 281 cm³/mol. The molecule has 0 unspecified atom stereocenters. The van der Waals surface area contributed by atoms with Crippen LogP contribution in [0.15, 0.2) is 18.2 Å². The molecule has 1 fully saturated rings. The zero-order valence-corrected chi connectivity index (χ0v) is 46.8. The summed E-state index contributed by atoms with van der Waals surface area (Å²) in [6.45, 7) is 31.9. The normalized spacial score (nSPS) is 11.8. The van der Waals surface area contributed by atoms with E-state index >= 15 is 0 Å². The highest BCUT2D eigenvalue weighted by Crippen LogP contribution is 2.26. The lowest BCUT2D eigenvalue weighted by Crippen LogP contribution is -2.44. The smallest absolute Gasteiger partial charge is 0.327 e. The summed E-state index contributed by atoms with van der Waals surface area (Å²) in [7, 11) is 3.07. The zero-order chi connectivity index (χ0) is 57.2. The molecule has 0 saturated carbocycles. The quantitative estimate of drug-likeness (QED) is 0.0505.